The lowest BCUT2D eigenvalue weighted by Gasteiger charge is -2.36. The van der Waals surface area contributed by atoms with Crippen LogP contribution >= 0.6 is 22.9 Å². The van der Waals surface area contributed by atoms with E-state index in [9.17, 15) is 13.2 Å². The highest BCUT2D eigenvalue weighted by Crippen LogP contribution is 2.32. The molecule has 1 aromatic carbocycles. The lowest BCUT2D eigenvalue weighted by molar-refractivity contribution is -0.137. The number of halogens is 4. The van der Waals surface area contributed by atoms with Crippen LogP contribution in [0.15, 0.2) is 30.5 Å². The topological polar surface area (TPSA) is 19.4 Å². The van der Waals surface area contributed by atoms with Crippen LogP contribution in [0, 0.1) is 0 Å². The van der Waals surface area contributed by atoms with Gasteiger partial charge in [-0.15, -0.1) is 11.3 Å². The molecule has 0 amide bonds. The normalized spacial score (nSPS) is 16.8. The zero-order valence-electron chi connectivity index (χ0n) is 12.2. The summed E-state index contributed by atoms with van der Waals surface area (Å²) < 4.78 is 38.9. The molecule has 23 heavy (non-hydrogen) atoms. The Morgan fingerprint density at radius 2 is 1.91 bits per heavy atom. The molecule has 0 bridgehead atoms. The van der Waals surface area contributed by atoms with E-state index >= 15 is 0 Å². The Bertz CT molecular complexity index is 666. The predicted molar refractivity (Wildman–Crippen MR) is 86.1 cm³/mol. The minimum atomic E-state index is -4.30. The second-order valence-corrected chi connectivity index (χ2v) is 7.09. The molecular formula is C15H15ClF3N3S. The summed E-state index contributed by atoms with van der Waals surface area (Å²) in [6.07, 6.45) is -2.53. The number of alkyl halides is 3. The number of benzene rings is 1. The molecule has 1 fully saturated rings. The van der Waals surface area contributed by atoms with E-state index in [1.54, 1.807) is 12.3 Å². The van der Waals surface area contributed by atoms with Gasteiger partial charge < -0.3 is 4.90 Å². The van der Waals surface area contributed by atoms with Crippen LogP contribution in [-0.4, -0.2) is 36.1 Å². The molecule has 8 heteroatoms. The van der Waals surface area contributed by atoms with Crippen molar-refractivity contribution < 1.29 is 13.2 Å². The molecule has 0 N–H and O–H groups in total. The number of piperazine rings is 1. The standard InChI is InChI=1S/C15H15ClF3N3S/c16-14-20-9-13(23-14)10-21-4-6-22(7-5-21)12-3-1-2-11(8-12)15(17,18)19/h1-3,8-9H,4-7,10H2. The zero-order valence-corrected chi connectivity index (χ0v) is 13.8. The molecular weight excluding hydrogens is 347 g/mol. The van der Waals surface area contributed by atoms with Crippen molar-refractivity contribution >= 4 is 28.6 Å². The largest absolute Gasteiger partial charge is 0.416 e. The van der Waals surface area contributed by atoms with Gasteiger partial charge in [0.1, 0.15) is 0 Å². The minimum absolute atomic E-state index is 0.530. The lowest BCUT2D eigenvalue weighted by Crippen LogP contribution is -2.45. The SMILES string of the molecule is FC(F)(F)c1cccc(N2CCN(Cc3cnc(Cl)s3)CC2)c1. The first-order valence-electron chi connectivity index (χ1n) is 7.16. The van der Waals surface area contributed by atoms with Crippen molar-refractivity contribution in [2.45, 2.75) is 12.7 Å². The number of hydrogen-bond donors (Lipinski definition) is 0. The number of rotatable bonds is 3. The molecule has 1 aromatic heterocycles. The fourth-order valence-electron chi connectivity index (χ4n) is 2.62. The Balaban J connectivity index is 1.60. The molecule has 2 heterocycles. The van der Waals surface area contributed by atoms with Crippen molar-refractivity contribution in [1.29, 1.82) is 0 Å². The van der Waals surface area contributed by atoms with Gasteiger partial charge in [0.15, 0.2) is 4.47 Å². The van der Waals surface area contributed by atoms with Crippen molar-refractivity contribution in [3.8, 4) is 0 Å². The Kier molecular flexibility index (Phi) is 4.79. The maximum absolute atomic E-state index is 12.8. The quantitative estimate of drug-likeness (QED) is 0.819. The van der Waals surface area contributed by atoms with Gasteiger partial charge in [-0.3, -0.25) is 4.90 Å². The first kappa shape index (κ1) is 16.5. The molecule has 3 nitrogen and oxygen atoms in total. The van der Waals surface area contributed by atoms with Crippen LogP contribution in [0.4, 0.5) is 18.9 Å². The van der Waals surface area contributed by atoms with E-state index in [0.717, 1.165) is 30.6 Å². The van der Waals surface area contributed by atoms with Gasteiger partial charge in [0.25, 0.3) is 0 Å². The van der Waals surface area contributed by atoms with Gasteiger partial charge in [-0.2, -0.15) is 13.2 Å². The van der Waals surface area contributed by atoms with Crippen LogP contribution in [-0.2, 0) is 12.7 Å². The molecule has 0 radical (unpaired) electrons. The van der Waals surface area contributed by atoms with Gasteiger partial charge in [0, 0.05) is 49.5 Å². The number of aromatic nitrogens is 1. The number of anilines is 1. The van der Waals surface area contributed by atoms with Crippen LogP contribution in [0.2, 0.25) is 4.47 Å². The first-order chi connectivity index (χ1) is 10.9. The third-order valence-corrected chi connectivity index (χ3v) is 4.92. The predicted octanol–water partition coefficient (Wildman–Crippen LogP) is 4.14. The highest BCUT2D eigenvalue weighted by atomic mass is 35.5. The van der Waals surface area contributed by atoms with E-state index < -0.39 is 11.7 Å². The van der Waals surface area contributed by atoms with Gasteiger partial charge in [-0.05, 0) is 18.2 Å². The van der Waals surface area contributed by atoms with E-state index in [0.29, 0.717) is 23.2 Å². The van der Waals surface area contributed by atoms with E-state index in [1.807, 2.05) is 4.90 Å². The van der Waals surface area contributed by atoms with Crippen LogP contribution < -0.4 is 4.90 Å². The van der Waals surface area contributed by atoms with Gasteiger partial charge in [-0.25, -0.2) is 4.98 Å². The van der Waals surface area contributed by atoms with Gasteiger partial charge >= 0.3 is 6.18 Å². The second-order valence-electron chi connectivity index (χ2n) is 5.39. The number of hydrogen-bond acceptors (Lipinski definition) is 4. The molecule has 3 rings (SSSR count). The van der Waals surface area contributed by atoms with Crippen LogP contribution in [0.3, 0.4) is 0 Å². The fourth-order valence-corrected chi connectivity index (χ4v) is 3.64. The molecule has 1 saturated heterocycles. The number of thiazole rings is 1. The van der Waals surface area contributed by atoms with Gasteiger partial charge in [0.2, 0.25) is 0 Å². The summed E-state index contributed by atoms with van der Waals surface area (Å²) in [4.78, 5) is 9.37. The number of nitrogens with zero attached hydrogens (tertiary/aromatic N) is 3. The maximum Gasteiger partial charge on any atom is 0.416 e. The third-order valence-electron chi connectivity index (χ3n) is 3.82. The molecule has 1 aliphatic heterocycles. The van der Waals surface area contributed by atoms with E-state index in [-0.39, 0.29) is 0 Å². The smallest absolute Gasteiger partial charge is 0.369 e. The Morgan fingerprint density at radius 1 is 1.17 bits per heavy atom. The fraction of sp³-hybridized carbons (Fsp3) is 0.400. The van der Waals surface area contributed by atoms with Crippen LogP contribution in [0.25, 0.3) is 0 Å². The third kappa shape index (κ3) is 4.16. The van der Waals surface area contributed by atoms with Crippen molar-refractivity contribution in [3.05, 3.63) is 45.4 Å². The summed E-state index contributed by atoms with van der Waals surface area (Å²) in [6, 6.07) is 5.52. The molecule has 124 valence electrons. The van der Waals surface area contributed by atoms with Crippen molar-refractivity contribution in [1.82, 2.24) is 9.88 Å². The summed E-state index contributed by atoms with van der Waals surface area (Å²) in [6.45, 7) is 3.78. The monoisotopic (exact) mass is 361 g/mol. The molecule has 0 spiro atoms. The first-order valence-corrected chi connectivity index (χ1v) is 8.36. The van der Waals surface area contributed by atoms with Crippen LogP contribution in [0.5, 0.6) is 0 Å². The lowest BCUT2D eigenvalue weighted by atomic mass is 10.1. The van der Waals surface area contributed by atoms with Crippen LogP contribution in [0.1, 0.15) is 10.4 Å². The highest BCUT2D eigenvalue weighted by Gasteiger charge is 2.31. The Morgan fingerprint density at radius 3 is 2.52 bits per heavy atom. The zero-order chi connectivity index (χ0) is 16.4. The van der Waals surface area contributed by atoms with Crippen molar-refractivity contribution in [3.63, 3.8) is 0 Å². The highest BCUT2D eigenvalue weighted by molar-refractivity contribution is 7.15. The molecule has 2 aromatic rings. The average Bonchev–Trinajstić information content (AvgIpc) is 2.92. The summed E-state index contributed by atoms with van der Waals surface area (Å²) in [5.41, 5.74) is 0.0250. The van der Waals surface area contributed by atoms with Gasteiger partial charge in [-0.1, -0.05) is 17.7 Å². The molecule has 1 aliphatic rings. The summed E-state index contributed by atoms with van der Waals surface area (Å²) in [7, 11) is 0. The van der Waals surface area contributed by atoms with Crippen molar-refractivity contribution in [2.75, 3.05) is 31.1 Å². The van der Waals surface area contributed by atoms with Crippen molar-refractivity contribution in [2.24, 2.45) is 0 Å². The molecule has 0 unspecified atom stereocenters. The maximum atomic E-state index is 12.8. The Hall–Kier alpha value is -1.31. The minimum Gasteiger partial charge on any atom is -0.369 e. The molecule has 0 saturated carbocycles. The molecule has 0 atom stereocenters. The van der Waals surface area contributed by atoms with E-state index in [4.69, 9.17) is 11.6 Å². The Labute approximate surface area is 141 Å². The summed E-state index contributed by atoms with van der Waals surface area (Å²) >= 11 is 7.28. The second kappa shape index (κ2) is 6.67. The molecule has 0 aliphatic carbocycles. The summed E-state index contributed by atoms with van der Waals surface area (Å²) in [5, 5.41) is 0. The van der Waals surface area contributed by atoms with E-state index in [1.165, 1.54) is 23.5 Å². The average molecular weight is 362 g/mol. The summed E-state index contributed by atoms with van der Waals surface area (Å²) in [5.74, 6) is 0. The van der Waals surface area contributed by atoms with Gasteiger partial charge in [0.05, 0.1) is 5.56 Å². The van der Waals surface area contributed by atoms with E-state index in [2.05, 4.69) is 9.88 Å².